The van der Waals surface area contributed by atoms with Crippen LogP contribution in [-0.2, 0) is 22.4 Å². The second-order valence-corrected chi connectivity index (χ2v) is 4.82. The number of hydrogen-bond acceptors (Lipinski definition) is 4. The third kappa shape index (κ3) is 4.84. The summed E-state index contributed by atoms with van der Waals surface area (Å²) < 4.78 is 42.3. The molecule has 0 aliphatic carbocycles. The minimum absolute atomic E-state index is 0.0827. The fourth-order valence-corrected chi connectivity index (χ4v) is 1.87. The zero-order chi connectivity index (χ0) is 17.6. The van der Waals surface area contributed by atoms with Crippen molar-refractivity contribution in [2.24, 2.45) is 5.16 Å². The molecule has 24 heavy (non-hydrogen) atoms. The van der Waals surface area contributed by atoms with Crippen molar-refractivity contribution in [3.05, 3.63) is 70.8 Å². The minimum atomic E-state index is -4.39. The summed E-state index contributed by atoms with van der Waals surface area (Å²) >= 11 is 0. The predicted octanol–water partition coefficient (Wildman–Crippen LogP) is 4.04. The lowest BCUT2D eigenvalue weighted by Gasteiger charge is -2.07. The Balaban J connectivity index is 1.92. The van der Waals surface area contributed by atoms with Gasteiger partial charge in [0, 0.05) is 0 Å². The zero-order valence-corrected chi connectivity index (χ0v) is 12.7. The molecule has 0 bridgehead atoms. The van der Waals surface area contributed by atoms with Crippen LogP contribution in [0.2, 0.25) is 0 Å². The van der Waals surface area contributed by atoms with E-state index in [0.29, 0.717) is 16.7 Å². The first-order valence-corrected chi connectivity index (χ1v) is 6.90. The smallest absolute Gasteiger partial charge is 0.416 e. The van der Waals surface area contributed by atoms with Gasteiger partial charge in [-0.3, -0.25) is 0 Å². The highest BCUT2D eigenvalue weighted by atomic mass is 19.4. The molecule has 126 valence electrons. The summed E-state index contributed by atoms with van der Waals surface area (Å²) in [6.45, 7) is -0.0827. The molecule has 0 unspecified atom stereocenters. The van der Waals surface area contributed by atoms with Gasteiger partial charge in [0.2, 0.25) is 0 Å². The van der Waals surface area contributed by atoms with Gasteiger partial charge in [0.1, 0.15) is 6.61 Å². The third-order valence-electron chi connectivity index (χ3n) is 3.09. The second kappa shape index (κ2) is 7.63. The molecule has 0 aliphatic heterocycles. The molecule has 2 aromatic carbocycles. The quantitative estimate of drug-likeness (QED) is 0.470. The molecule has 7 heteroatoms. The molecule has 0 saturated carbocycles. The Morgan fingerprint density at radius 1 is 1.17 bits per heavy atom. The number of rotatable bonds is 5. The number of oxime groups is 1. The Labute approximate surface area is 136 Å². The number of esters is 1. The van der Waals surface area contributed by atoms with Gasteiger partial charge in [0.15, 0.2) is 0 Å². The number of nitrogens with zero attached hydrogens (tertiary/aromatic N) is 1. The van der Waals surface area contributed by atoms with E-state index in [9.17, 15) is 18.0 Å². The largest absolute Gasteiger partial charge is 0.465 e. The standard InChI is InChI=1S/C17H14F3NO3/c1-23-16(22)14-7-5-12(6-8-14)10-21-24-11-13-3-2-4-15(9-13)17(18,19)20/h2-10H,11H2,1H3/b21-10+. The fourth-order valence-electron chi connectivity index (χ4n) is 1.87. The number of halogens is 3. The molecule has 0 aromatic heterocycles. The van der Waals surface area contributed by atoms with Crippen LogP contribution in [0, 0.1) is 0 Å². The molecule has 0 spiro atoms. The summed E-state index contributed by atoms with van der Waals surface area (Å²) in [6.07, 6.45) is -2.99. The van der Waals surface area contributed by atoms with Crippen molar-refractivity contribution in [3.63, 3.8) is 0 Å². The number of carbonyl (C=O) groups excluding carboxylic acids is 1. The van der Waals surface area contributed by atoms with Gasteiger partial charge in [0.05, 0.1) is 24.5 Å². The van der Waals surface area contributed by atoms with E-state index in [1.165, 1.54) is 25.5 Å². The van der Waals surface area contributed by atoms with E-state index < -0.39 is 17.7 Å². The Kier molecular flexibility index (Phi) is 5.57. The van der Waals surface area contributed by atoms with Gasteiger partial charge < -0.3 is 9.57 Å². The van der Waals surface area contributed by atoms with Gasteiger partial charge in [0.25, 0.3) is 0 Å². The van der Waals surface area contributed by atoms with Gasteiger partial charge in [-0.15, -0.1) is 0 Å². The van der Waals surface area contributed by atoms with Crippen LogP contribution in [0.4, 0.5) is 13.2 Å². The Hall–Kier alpha value is -2.83. The SMILES string of the molecule is COC(=O)c1ccc(/C=N/OCc2cccc(C(F)(F)F)c2)cc1. The summed E-state index contributed by atoms with van der Waals surface area (Å²) in [6, 6.07) is 11.3. The van der Waals surface area contributed by atoms with Crippen LogP contribution in [0.5, 0.6) is 0 Å². The zero-order valence-electron chi connectivity index (χ0n) is 12.7. The van der Waals surface area contributed by atoms with E-state index in [0.717, 1.165) is 12.1 Å². The van der Waals surface area contributed by atoms with Crippen molar-refractivity contribution in [1.29, 1.82) is 0 Å². The van der Waals surface area contributed by atoms with E-state index in [-0.39, 0.29) is 6.61 Å². The monoisotopic (exact) mass is 337 g/mol. The maximum absolute atomic E-state index is 12.6. The lowest BCUT2D eigenvalue weighted by Crippen LogP contribution is -2.05. The van der Waals surface area contributed by atoms with Crippen LogP contribution < -0.4 is 0 Å². The molecule has 0 N–H and O–H groups in total. The summed E-state index contributed by atoms with van der Waals surface area (Å²) in [5.74, 6) is -0.445. The summed E-state index contributed by atoms with van der Waals surface area (Å²) in [7, 11) is 1.29. The van der Waals surface area contributed by atoms with Crippen molar-refractivity contribution in [3.8, 4) is 0 Å². The molecule has 0 aliphatic rings. The molecule has 0 heterocycles. The van der Waals surface area contributed by atoms with E-state index in [1.54, 1.807) is 24.3 Å². The Morgan fingerprint density at radius 2 is 1.88 bits per heavy atom. The maximum atomic E-state index is 12.6. The average Bonchev–Trinajstić information content (AvgIpc) is 2.58. The van der Waals surface area contributed by atoms with Crippen molar-refractivity contribution in [2.75, 3.05) is 7.11 Å². The number of alkyl halides is 3. The van der Waals surface area contributed by atoms with Crippen molar-refractivity contribution >= 4 is 12.2 Å². The molecular formula is C17H14F3NO3. The number of methoxy groups -OCH3 is 1. The van der Waals surface area contributed by atoms with Gasteiger partial charge in [-0.05, 0) is 35.4 Å². The minimum Gasteiger partial charge on any atom is -0.465 e. The first-order chi connectivity index (χ1) is 11.4. The van der Waals surface area contributed by atoms with Crippen LogP contribution in [0.3, 0.4) is 0 Å². The summed E-state index contributed by atoms with van der Waals surface area (Å²) in [5, 5.41) is 3.70. The molecule has 4 nitrogen and oxygen atoms in total. The van der Waals surface area contributed by atoms with Gasteiger partial charge in [-0.25, -0.2) is 4.79 Å². The number of benzene rings is 2. The molecule has 0 atom stereocenters. The average molecular weight is 337 g/mol. The highest BCUT2D eigenvalue weighted by Crippen LogP contribution is 2.29. The van der Waals surface area contributed by atoms with E-state index >= 15 is 0 Å². The lowest BCUT2D eigenvalue weighted by molar-refractivity contribution is -0.137. The molecule has 2 aromatic rings. The topological polar surface area (TPSA) is 47.9 Å². The molecular weight excluding hydrogens is 323 g/mol. The summed E-state index contributed by atoms with van der Waals surface area (Å²) in [4.78, 5) is 16.3. The highest BCUT2D eigenvalue weighted by molar-refractivity contribution is 5.90. The number of hydrogen-bond donors (Lipinski definition) is 0. The number of carbonyl (C=O) groups is 1. The fraction of sp³-hybridized carbons (Fsp3) is 0.176. The van der Waals surface area contributed by atoms with Crippen LogP contribution in [0.25, 0.3) is 0 Å². The van der Waals surface area contributed by atoms with Crippen LogP contribution in [-0.4, -0.2) is 19.3 Å². The van der Waals surface area contributed by atoms with Crippen LogP contribution in [0.15, 0.2) is 53.7 Å². The van der Waals surface area contributed by atoms with Gasteiger partial charge >= 0.3 is 12.1 Å². The molecule has 0 fully saturated rings. The van der Waals surface area contributed by atoms with Crippen molar-refractivity contribution in [1.82, 2.24) is 0 Å². The van der Waals surface area contributed by atoms with Crippen molar-refractivity contribution < 1.29 is 27.5 Å². The van der Waals surface area contributed by atoms with Crippen LogP contribution >= 0.6 is 0 Å². The van der Waals surface area contributed by atoms with E-state index in [1.807, 2.05) is 0 Å². The van der Waals surface area contributed by atoms with Crippen molar-refractivity contribution in [2.45, 2.75) is 12.8 Å². The highest BCUT2D eigenvalue weighted by Gasteiger charge is 2.30. The Bertz CT molecular complexity index is 725. The second-order valence-electron chi connectivity index (χ2n) is 4.82. The molecule has 0 radical (unpaired) electrons. The van der Waals surface area contributed by atoms with E-state index in [4.69, 9.17) is 4.84 Å². The summed E-state index contributed by atoms with van der Waals surface area (Å²) in [5.41, 5.74) is 0.709. The van der Waals surface area contributed by atoms with E-state index in [2.05, 4.69) is 9.89 Å². The predicted molar refractivity (Wildman–Crippen MR) is 81.6 cm³/mol. The van der Waals surface area contributed by atoms with Gasteiger partial charge in [-0.2, -0.15) is 13.2 Å². The van der Waals surface area contributed by atoms with Crippen LogP contribution in [0.1, 0.15) is 27.0 Å². The first-order valence-electron chi connectivity index (χ1n) is 6.90. The Morgan fingerprint density at radius 3 is 2.50 bits per heavy atom. The first kappa shape index (κ1) is 17.5. The normalized spacial score (nSPS) is 11.5. The third-order valence-corrected chi connectivity index (χ3v) is 3.09. The number of ether oxygens (including phenoxy) is 1. The molecule has 0 saturated heterocycles. The molecule has 0 amide bonds. The van der Waals surface area contributed by atoms with Gasteiger partial charge in [-0.1, -0.05) is 29.4 Å². The molecule has 2 rings (SSSR count). The lowest BCUT2D eigenvalue weighted by atomic mass is 10.1. The maximum Gasteiger partial charge on any atom is 0.416 e.